The Kier molecular flexibility index (Phi) is 3.59. The van der Waals surface area contributed by atoms with Gasteiger partial charge in [-0.15, -0.1) is 11.8 Å². The monoisotopic (exact) mass is 262 g/mol. The topological polar surface area (TPSA) is 48.0 Å². The lowest BCUT2D eigenvalue weighted by Crippen LogP contribution is -2.26. The number of hydrogen-bond acceptors (Lipinski definition) is 3. The average Bonchev–Trinajstić information content (AvgIpc) is 2.78. The van der Waals surface area contributed by atoms with Crippen molar-refractivity contribution >= 4 is 22.7 Å². The van der Waals surface area contributed by atoms with Crippen LogP contribution in [0.15, 0.2) is 29.3 Å². The van der Waals surface area contributed by atoms with Crippen LogP contribution in [-0.2, 0) is 0 Å². The average molecular weight is 262 g/mol. The van der Waals surface area contributed by atoms with Gasteiger partial charge in [-0.3, -0.25) is 0 Å². The number of aliphatic hydroxyl groups is 1. The third-order valence-corrected chi connectivity index (χ3v) is 4.56. The molecule has 0 bridgehead atoms. The Bertz CT molecular complexity index is 538. The van der Waals surface area contributed by atoms with Gasteiger partial charge in [-0.2, -0.15) is 0 Å². The van der Waals surface area contributed by atoms with Gasteiger partial charge in [0, 0.05) is 35.7 Å². The first-order valence-corrected chi connectivity index (χ1v) is 7.43. The summed E-state index contributed by atoms with van der Waals surface area (Å²) >= 11 is 1.92. The molecule has 0 spiro atoms. The molecular formula is C14H18N2OS. The zero-order valence-corrected chi connectivity index (χ0v) is 11.1. The van der Waals surface area contributed by atoms with Crippen molar-refractivity contribution in [3.63, 3.8) is 0 Å². The van der Waals surface area contributed by atoms with Gasteiger partial charge in [-0.25, -0.2) is 0 Å². The van der Waals surface area contributed by atoms with Crippen molar-refractivity contribution in [1.29, 1.82) is 0 Å². The molecule has 18 heavy (non-hydrogen) atoms. The second kappa shape index (κ2) is 5.34. The number of aliphatic hydroxyl groups excluding tert-OH is 1. The van der Waals surface area contributed by atoms with E-state index in [0.717, 1.165) is 6.54 Å². The van der Waals surface area contributed by atoms with Crippen LogP contribution >= 0.6 is 11.8 Å². The van der Waals surface area contributed by atoms with Crippen LogP contribution in [0.3, 0.4) is 0 Å². The predicted octanol–water partition coefficient (Wildman–Crippen LogP) is 2.33. The molecule has 1 aromatic heterocycles. The molecular weight excluding hydrogens is 244 g/mol. The molecule has 1 aliphatic heterocycles. The number of thioether (sulfide) groups is 1. The molecule has 0 aliphatic carbocycles. The quantitative estimate of drug-likeness (QED) is 0.741. The maximum atomic E-state index is 8.85. The van der Waals surface area contributed by atoms with E-state index in [2.05, 4.69) is 34.6 Å². The van der Waals surface area contributed by atoms with Gasteiger partial charge in [-0.05, 0) is 18.1 Å². The third-order valence-electron chi connectivity index (χ3n) is 3.51. The van der Waals surface area contributed by atoms with Gasteiger partial charge in [0.05, 0.1) is 11.6 Å². The van der Waals surface area contributed by atoms with E-state index in [-0.39, 0.29) is 6.61 Å². The molecule has 2 heterocycles. The lowest BCUT2D eigenvalue weighted by atomic mass is 9.95. The Morgan fingerprint density at radius 3 is 3.17 bits per heavy atom. The SMILES string of the molecule is OCCNCC1CCSc2[nH]c3ccccc3c21. The fourth-order valence-corrected chi connectivity index (χ4v) is 3.89. The van der Waals surface area contributed by atoms with E-state index in [4.69, 9.17) is 5.11 Å². The van der Waals surface area contributed by atoms with E-state index >= 15 is 0 Å². The van der Waals surface area contributed by atoms with E-state index in [9.17, 15) is 0 Å². The molecule has 3 nitrogen and oxygen atoms in total. The molecule has 1 aliphatic rings. The minimum absolute atomic E-state index is 0.211. The lowest BCUT2D eigenvalue weighted by molar-refractivity contribution is 0.290. The molecule has 1 aromatic carbocycles. The van der Waals surface area contributed by atoms with Crippen LogP contribution < -0.4 is 5.32 Å². The smallest absolute Gasteiger partial charge is 0.0768 e. The standard InChI is InChI=1S/C14H18N2OS/c17-7-6-15-9-10-5-8-18-14-13(10)11-3-1-2-4-12(11)16-14/h1-4,10,15-17H,5-9H2. The Morgan fingerprint density at radius 2 is 2.28 bits per heavy atom. The molecule has 0 saturated carbocycles. The zero-order valence-electron chi connectivity index (χ0n) is 10.3. The highest BCUT2D eigenvalue weighted by molar-refractivity contribution is 7.99. The van der Waals surface area contributed by atoms with Crippen LogP contribution in [-0.4, -0.2) is 35.5 Å². The molecule has 1 atom stereocenters. The summed E-state index contributed by atoms with van der Waals surface area (Å²) in [7, 11) is 0. The third kappa shape index (κ3) is 2.16. The number of fused-ring (bicyclic) bond motifs is 3. The van der Waals surface area contributed by atoms with Crippen LogP contribution in [0.4, 0.5) is 0 Å². The van der Waals surface area contributed by atoms with Crippen molar-refractivity contribution in [3.05, 3.63) is 29.8 Å². The number of aromatic amines is 1. The molecule has 1 unspecified atom stereocenters. The molecule has 0 fully saturated rings. The summed E-state index contributed by atoms with van der Waals surface area (Å²) in [6.45, 7) is 1.85. The number of H-pyrrole nitrogens is 1. The van der Waals surface area contributed by atoms with Crippen LogP contribution in [0.1, 0.15) is 17.9 Å². The summed E-state index contributed by atoms with van der Waals surface area (Å²) in [6.07, 6.45) is 1.21. The fourth-order valence-electron chi connectivity index (χ4n) is 2.67. The van der Waals surface area contributed by atoms with E-state index in [1.54, 1.807) is 0 Å². The summed E-state index contributed by atoms with van der Waals surface area (Å²) < 4.78 is 0. The van der Waals surface area contributed by atoms with E-state index in [1.807, 2.05) is 11.8 Å². The van der Waals surface area contributed by atoms with Gasteiger partial charge in [-0.1, -0.05) is 18.2 Å². The highest BCUT2D eigenvalue weighted by atomic mass is 32.2. The summed E-state index contributed by atoms with van der Waals surface area (Å²) in [5, 5.41) is 14.9. The molecule has 3 N–H and O–H groups in total. The van der Waals surface area contributed by atoms with E-state index in [0.29, 0.717) is 12.5 Å². The maximum absolute atomic E-state index is 8.85. The van der Waals surface area contributed by atoms with Gasteiger partial charge >= 0.3 is 0 Å². The Labute approximate surface area is 111 Å². The molecule has 3 rings (SSSR count). The highest BCUT2D eigenvalue weighted by Gasteiger charge is 2.24. The van der Waals surface area contributed by atoms with Gasteiger partial charge in [0.2, 0.25) is 0 Å². The van der Waals surface area contributed by atoms with Crippen molar-refractivity contribution < 1.29 is 5.11 Å². The number of benzene rings is 1. The number of hydrogen-bond donors (Lipinski definition) is 3. The summed E-state index contributed by atoms with van der Waals surface area (Å²) in [5.74, 6) is 1.73. The van der Waals surface area contributed by atoms with E-state index < -0.39 is 0 Å². The first kappa shape index (κ1) is 12.1. The Balaban J connectivity index is 1.93. The minimum atomic E-state index is 0.211. The number of para-hydroxylation sites is 1. The number of nitrogens with one attached hydrogen (secondary N) is 2. The van der Waals surface area contributed by atoms with Crippen LogP contribution in [0.5, 0.6) is 0 Å². The van der Waals surface area contributed by atoms with Gasteiger partial charge < -0.3 is 15.4 Å². The van der Waals surface area contributed by atoms with Crippen molar-refractivity contribution in [3.8, 4) is 0 Å². The van der Waals surface area contributed by atoms with Crippen molar-refractivity contribution in [1.82, 2.24) is 10.3 Å². The Hall–Kier alpha value is -0.970. The molecule has 4 heteroatoms. The summed E-state index contributed by atoms with van der Waals surface area (Å²) in [6, 6.07) is 8.53. The van der Waals surface area contributed by atoms with Gasteiger partial charge in [0.15, 0.2) is 0 Å². The predicted molar refractivity (Wildman–Crippen MR) is 76.3 cm³/mol. The Morgan fingerprint density at radius 1 is 1.39 bits per heavy atom. The molecule has 0 saturated heterocycles. The van der Waals surface area contributed by atoms with Gasteiger partial charge in [0.25, 0.3) is 0 Å². The van der Waals surface area contributed by atoms with Crippen molar-refractivity contribution in [2.75, 3.05) is 25.4 Å². The van der Waals surface area contributed by atoms with Crippen LogP contribution in [0, 0.1) is 0 Å². The first-order valence-electron chi connectivity index (χ1n) is 6.45. The molecule has 2 aromatic rings. The van der Waals surface area contributed by atoms with Crippen LogP contribution in [0.25, 0.3) is 10.9 Å². The molecule has 0 radical (unpaired) electrons. The molecule has 0 amide bonds. The van der Waals surface area contributed by atoms with Crippen LogP contribution in [0.2, 0.25) is 0 Å². The van der Waals surface area contributed by atoms with Crippen molar-refractivity contribution in [2.45, 2.75) is 17.4 Å². The number of rotatable bonds is 4. The largest absolute Gasteiger partial charge is 0.395 e. The van der Waals surface area contributed by atoms with Crippen molar-refractivity contribution in [2.24, 2.45) is 0 Å². The summed E-state index contributed by atoms with van der Waals surface area (Å²) in [4.78, 5) is 3.52. The normalized spacial score (nSPS) is 19.1. The van der Waals surface area contributed by atoms with Gasteiger partial charge in [0.1, 0.15) is 0 Å². The lowest BCUT2D eigenvalue weighted by Gasteiger charge is -2.22. The van der Waals surface area contributed by atoms with E-state index in [1.165, 1.54) is 33.7 Å². The minimum Gasteiger partial charge on any atom is -0.395 e. The first-order chi connectivity index (χ1) is 8.90. The fraction of sp³-hybridized carbons (Fsp3) is 0.429. The molecule has 96 valence electrons. The zero-order chi connectivity index (χ0) is 12.4. The summed E-state index contributed by atoms with van der Waals surface area (Å²) in [5.41, 5.74) is 2.70. The highest BCUT2D eigenvalue weighted by Crippen LogP contribution is 2.41. The second-order valence-corrected chi connectivity index (χ2v) is 5.78. The number of aromatic nitrogens is 1. The maximum Gasteiger partial charge on any atom is 0.0768 e. The second-order valence-electron chi connectivity index (χ2n) is 4.68.